The number of aldehydes is 1. The first-order valence-corrected chi connectivity index (χ1v) is 48.7. The zero-order valence-electron chi connectivity index (χ0n) is 58.0. The van der Waals surface area contributed by atoms with Gasteiger partial charge in [0.25, 0.3) is 0 Å². The lowest BCUT2D eigenvalue weighted by Gasteiger charge is -2.54. The molecule has 0 unspecified atom stereocenters. The van der Waals surface area contributed by atoms with Gasteiger partial charge in [-0.3, -0.25) is 9.80 Å². The second-order valence-corrected chi connectivity index (χ2v) is 62.4. The Balaban J connectivity index is 0. The van der Waals surface area contributed by atoms with Crippen molar-refractivity contribution in [3.8, 4) is 0 Å². The van der Waals surface area contributed by atoms with E-state index in [0.29, 0.717) is 38.1 Å². The molecular formula is C64H144N2O8Si6. The van der Waals surface area contributed by atoms with Gasteiger partial charge in [-0.15, -0.1) is 0 Å². The summed E-state index contributed by atoms with van der Waals surface area (Å²) in [6, 6.07) is 0.336. The number of aliphatic hydroxyl groups is 1. The molecule has 0 aliphatic carbocycles. The maximum Gasteiger partial charge on any atom is 0.192 e. The topological polar surface area (TPSA) is 99.2 Å². The zero-order valence-corrected chi connectivity index (χ0v) is 64.0. The molecule has 0 amide bonds. The lowest BCUT2D eigenvalue weighted by Crippen LogP contribution is -2.66. The van der Waals surface area contributed by atoms with Gasteiger partial charge in [-0.1, -0.05) is 173 Å². The Morgan fingerprint density at radius 1 is 0.400 bits per heavy atom. The average Bonchev–Trinajstić information content (AvgIpc) is 3.23. The standard InChI is InChI=1S/C31H69NO4Si3.C31H67NO4Si3.2CH4/c2*1-25-23-32(21-19-17-18-20-22-33)26(24-34-37(11,12)29(2,3)4)28(36-39(15,16)31(8,9)10)27(25)35-38(13,14)30(5,6)7;;/h25-28,33H,17-24H2,1-16H3;22,25-28H,17-21,23-24H2,1-16H3;2*1H4/t2*25-,26+,27+,28+;;/m00../s1. The molecule has 0 aromatic heterocycles. The highest BCUT2D eigenvalue weighted by Gasteiger charge is 2.54. The lowest BCUT2D eigenvalue weighted by atomic mass is 9.88. The zero-order chi connectivity index (χ0) is 61.3. The Morgan fingerprint density at radius 2 is 0.650 bits per heavy atom. The normalized spacial score (nSPS) is 24.2. The second kappa shape index (κ2) is 31.7. The Hall–Kier alpha value is 0.611. The number of carbonyl (C=O) groups excluding carboxylic acids is 1. The number of nitrogens with zero attached hydrogens (tertiary/aromatic N) is 2. The van der Waals surface area contributed by atoms with Crippen LogP contribution in [-0.4, -0.2) is 154 Å². The molecule has 2 aliphatic rings. The second-order valence-electron chi connectivity index (χ2n) is 33.7. The SMILES string of the molecule is C.C.C[C@H]1CN(CCCCCC=O)[C@H](CO[Si](C)(C)C(C)(C)C)[C@@H](O[Si](C)(C)C(C)(C)C)[C@@H]1O[Si](C)(C)C(C)(C)C.C[C@H]1CN(CCCCCCO)[C@H](CO[Si](C)(C)C(C)(C)C)[C@@H](O[Si](C)(C)C(C)(C)C)[C@@H]1O[Si](C)(C)C(C)(C)C. The molecule has 482 valence electrons. The van der Waals surface area contributed by atoms with Crippen LogP contribution in [0.3, 0.4) is 0 Å². The molecule has 2 fully saturated rings. The molecule has 2 rings (SSSR count). The third-order valence-corrected chi connectivity index (χ3v) is 47.8. The van der Waals surface area contributed by atoms with Crippen molar-refractivity contribution in [3.63, 3.8) is 0 Å². The minimum Gasteiger partial charge on any atom is -0.415 e. The van der Waals surface area contributed by atoms with E-state index in [1.807, 2.05) is 0 Å². The summed E-state index contributed by atoms with van der Waals surface area (Å²) < 4.78 is 43.4. The molecule has 0 aromatic rings. The number of rotatable bonds is 26. The van der Waals surface area contributed by atoms with E-state index in [1.54, 1.807) is 0 Å². The van der Waals surface area contributed by atoms with Crippen molar-refractivity contribution in [2.75, 3.05) is 46.0 Å². The third kappa shape index (κ3) is 23.9. The molecular weight excluding hydrogens is 1090 g/mol. The molecule has 0 aromatic carbocycles. The van der Waals surface area contributed by atoms with Crippen LogP contribution in [0.5, 0.6) is 0 Å². The van der Waals surface area contributed by atoms with E-state index in [9.17, 15) is 9.90 Å². The molecule has 1 N–H and O–H groups in total. The highest BCUT2D eigenvalue weighted by Crippen LogP contribution is 2.47. The molecule has 0 radical (unpaired) electrons. The van der Waals surface area contributed by atoms with Crippen LogP contribution in [0.25, 0.3) is 0 Å². The van der Waals surface area contributed by atoms with Gasteiger partial charge in [0.1, 0.15) is 6.29 Å². The minimum atomic E-state index is -2.09. The van der Waals surface area contributed by atoms with E-state index < -0.39 is 49.9 Å². The van der Waals surface area contributed by atoms with Gasteiger partial charge >= 0.3 is 0 Å². The van der Waals surface area contributed by atoms with Gasteiger partial charge in [-0.05, 0) is 159 Å². The highest BCUT2D eigenvalue weighted by molar-refractivity contribution is 6.76. The van der Waals surface area contributed by atoms with Gasteiger partial charge in [0, 0.05) is 26.1 Å². The predicted octanol–water partition coefficient (Wildman–Crippen LogP) is 18.8. The fourth-order valence-corrected chi connectivity index (χ4v) is 16.4. The van der Waals surface area contributed by atoms with Gasteiger partial charge in [0.05, 0.1) is 49.7 Å². The van der Waals surface area contributed by atoms with E-state index in [2.05, 4.69) is 227 Å². The monoisotopic (exact) mass is 1240 g/mol. The van der Waals surface area contributed by atoms with E-state index in [4.69, 9.17) is 26.6 Å². The Morgan fingerprint density at radius 3 is 0.900 bits per heavy atom. The molecule has 10 nitrogen and oxygen atoms in total. The van der Waals surface area contributed by atoms with Crippen molar-refractivity contribution < 1.29 is 36.5 Å². The summed E-state index contributed by atoms with van der Waals surface area (Å²) in [6.07, 6.45) is 9.22. The summed E-state index contributed by atoms with van der Waals surface area (Å²) in [7, 11) is -12.1. The first-order chi connectivity index (χ1) is 34.8. The van der Waals surface area contributed by atoms with Crippen molar-refractivity contribution in [1.82, 2.24) is 9.80 Å². The van der Waals surface area contributed by atoms with Crippen LogP contribution in [0.1, 0.15) is 205 Å². The maximum atomic E-state index is 10.9. The Labute approximate surface area is 507 Å². The number of aliphatic hydroxyl groups excluding tert-OH is 1. The number of piperidine rings is 2. The number of likely N-dealkylation sites (tertiary alicyclic amines) is 2. The van der Waals surface area contributed by atoms with E-state index >= 15 is 0 Å². The number of hydrogen-bond acceptors (Lipinski definition) is 10. The van der Waals surface area contributed by atoms with Crippen LogP contribution in [-0.2, 0) is 31.4 Å². The Kier molecular flexibility index (Phi) is 32.7. The summed E-state index contributed by atoms with van der Waals surface area (Å²) >= 11 is 0. The lowest BCUT2D eigenvalue weighted by molar-refractivity contribution is -0.108. The van der Waals surface area contributed by atoms with Crippen molar-refractivity contribution >= 4 is 56.2 Å². The maximum absolute atomic E-state index is 10.9. The van der Waals surface area contributed by atoms with Crippen LogP contribution in [0.4, 0.5) is 0 Å². The number of hydrogen-bond donors (Lipinski definition) is 1. The molecule has 0 bridgehead atoms. The van der Waals surface area contributed by atoms with Crippen LogP contribution in [0.2, 0.25) is 109 Å². The van der Waals surface area contributed by atoms with Crippen LogP contribution >= 0.6 is 0 Å². The molecule has 8 atom stereocenters. The summed E-state index contributed by atoms with van der Waals surface area (Å²) in [5.41, 5.74) is 0. The van der Waals surface area contributed by atoms with E-state index in [0.717, 1.165) is 77.4 Å². The third-order valence-electron chi connectivity index (χ3n) is 20.9. The number of unbranched alkanes of at least 4 members (excludes halogenated alkanes) is 6. The summed E-state index contributed by atoms with van der Waals surface area (Å²) in [5, 5.41) is 10.1. The van der Waals surface area contributed by atoms with Gasteiger partial charge < -0.3 is 36.5 Å². The molecule has 16 heteroatoms. The molecule has 2 heterocycles. The van der Waals surface area contributed by atoms with Gasteiger partial charge in [0.15, 0.2) is 49.9 Å². The van der Waals surface area contributed by atoms with E-state index in [-0.39, 0.29) is 81.6 Å². The average molecular weight is 1240 g/mol. The van der Waals surface area contributed by atoms with Crippen LogP contribution in [0.15, 0.2) is 0 Å². The molecule has 2 saturated heterocycles. The van der Waals surface area contributed by atoms with Gasteiger partial charge in [-0.2, -0.15) is 0 Å². The smallest absolute Gasteiger partial charge is 0.192 e. The fraction of sp³-hybridized carbons (Fsp3) is 0.984. The van der Waals surface area contributed by atoms with Crippen molar-refractivity contribution in [2.45, 2.75) is 350 Å². The molecule has 0 spiro atoms. The van der Waals surface area contributed by atoms with Gasteiger partial charge in [-0.25, -0.2) is 0 Å². The van der Waals surface area contributed by atoms with Gasteiger partial charge in [0.2, 0.25) is 0 Å². The summed E-state index contributed by atoms with van der Waals surface area (Å²) in [6.45, 7) is 81.0. The summed E-state index contributed by atoms with van der Waals surface area (Å²) in [4.78, 5) is 16.2. The minimum absolute atomic E-state index is 0. The Bertz CT molecular complexity index is 1760. The quantitative estimate of drug-likeness (QED) is 0.0512. The van der Waals surface area contributed by atoms with Crippen molar-refractivity contribution in [2.24, 2.45) is 11.8 Å². The van der Waals surface area contributed by atoms with Crippen LogP contribution < -0.4 is 0 Å². The molecule has 0 saturated carbocycles. The summed E-state index contributed by atoms with van der Waals surface area (Å²) in [5.74, 6) is 0.753. The number of carbonyl (C=O) groups is 1. The van der Waals surface area contributed by atoms with Crippen molar-refractivity contribution in [3.05, 3.63) is 0 Å². The van der Waals surface area contributed by atoms with Crippen LogP contribution in [0, 0.1) is 11.8 Å². The first kappa shape index (κ1) is 82.7. The first-order valence-electron chi connectivity index (χ1n) is 31.3. The predicted molar refractivity (Wildman–Crippen MR) is 367 cm³/mol. The highest BCUT2D eigenvalue weighted by atomic mass is 28.4. The largest absolute Gasteiger partial charge is 0.415 e. The molecule has 80 heavy (non-hydrogen) atoms. The fourth-order valence-electron chi connectivity index (χ4n) is 8.88. The van der Waals surface area contributed by atoms with Crippen molar-refractivity contribution in [1.29, 1.82) is 0 Å². The molecule has 2 aliphatic heterocycles. The van der Waals surface area contributed by atoms with E-state index in [1.165, 1.54) is 0 Å².